The van der Waals surface area contributed by atoms with Crippen molar-refractivity contribution in [2.45, 2.75) is 29.0 Å². The monoisotopic (exact) mass is 540 g/mol. The average molecular weight is 541 g/mol. The molecule has 7 nitrogen and oxygen atoms in total. The van der Waals surface area contributed by atoms with Crippen molar-refractivity contribution >= 4 is 51.4 Å². The first-order valence-electron chi connectivity index (χ1n) is 11.3. The van der Waals surface area contributed by atoms with Crippen LogP contribution in [0.2, 0.25) is 0 Å². The lowest BCUT2D eigenvalue weighted by Gasteiger charge is -2.41. The Balaban J connectivity index is 1.51. The van der Waals surface area contributed by atoms with Crippen molar-refractivity contribution in [2.75, 3.05) is 32.1 Å². The molecule has 0 bridgehead atoms. The second-order valence-corrected chi connectivity index (χ2v) is 11.5. The minimum Gasteiger partial charge on any atom is -0.496 e. The second kappa shape index (κ2) is 11.3. The summed E-state index contributed by atoms with van der Waals surface area (Å²) in [5.74, 6) is 0.319. The average Bonchev–Trinajstić information content (AvgIpc) is 3.56. The maximum atomic E-state index is 13.6. The molecule has 0 spiro atoms. The van der Waals surface area contributed by atoms with E-state index in [2.05, 4.69) is 28.4 Å². The molecular formula is C26H28N4O3S3. The number of ether oxygens (including phenoxy) is 1. The molecule has 1 aromatic carbocycles. The van der Waals surface area contributed by atoms with Crippen molar-refractivity contribution in [1.82, 2.24) is 14.8 Å². The number of nitrogens with one attached hydrogen (secondary N) is 1. The fraction of sp³-hybridized carbons (Fsp3) is 0.269. The Labute approximate surface area is 223 Å². The van der Waals surface area contributed by atoms with Gasteiger partial charge >= 0.3 is 0 Å². The lowest BCUT2D eigenvalue weighted by molar-refractivity contribution is 0.0545. The maximum absolute atomic E-state index is 13.6. The van der Waals surface area contributed by atoms with E-state index < -0.39 is 0 Å². The number of aryl methyl sites for hydroxylation is 1. The number of thiazole rings is 1. The van der Waals surface area contributed by atoms with Gasteiger partial charge in [-0.2, -0.15) is 11.3 Å². The number of nitrogens with zero attached hydrogens (tertiary/aromatic N) is 3. The number of aromatic nitrogens is 1. The molecule has 3 aromatic rings. The minimum atomic E-state index is -0.179. The van der Waals surface area contributed by atoms with E-state index in [4.69, 9.17) is 4.74 Å². The van der Waals surface area contributed by atoms with Crippen LogP contribution in [0.5, 0.6) is 5.75 Å². The fourth-order valence-electron chi connectivity index (χ4n) is 3.95. The maximum Gasteiger partial charge on any atom is 0.258 e. The van der Waals surface area contributed by atoms with Crippen LogP contribution in [0.3, 0.4) is 0 Å². The summed E-state index contributed by atoms with van der Waals surface area (Å²) in [6, 6.07) is 5.59. The molecule has 1 saturated heterocycles. The number of carbonyl (C=O) groups excluding carboxylic acids is 2. The lowest BCUT2D eigenvalue weighted by atomic mass is 10.1. The third-order valence-electron chi connectivity index (χ3n) is 5.96. The Kier molecular flexibility index (Phi) is 8.17. The van der Waals surface area contributed by atoms with E-state index in [1.54, 1.807) is 30.8 Å². The van der Waals surface area contributed by atoms with Gasteiger partial charge in [0, 0.05) is 41.6 Å². The summed E-state index contributed by atoms with van der Waals surface area (Å²) in [5, 5.41) is 7.04. The molecule has 1 atom stereocenters. The van der Waals surface area contributed by atoms with Crippen LogP contribution in [0.15, 0.2) is 69.2 Å². The van der Waals surface area contributed by atoms with E-state index in [0.29, 0.717) is 41.6 Å². The lowest BCUT2D eigenvalue weighted by Crippen LogP contribution is -2.53. The molecule has 3 heterocycles. The van der Waals surface area contributed by atoms with Gasteiger partial charge in [0.05, 0.1) is 28.6 Å². The van der Waals surface area contributed by atoms with E-state index in [1.165, 1.54) is 34.4 Å². The quantitative estimate of drug-likeness (QED) is 0.366. The van der Waals surface area contributed by atoms with Crippen LogP contribution in [0, 0.1) is 6.92 Å². The smallest absolute Gasteiger partial charge is 0.258 e. The first-order valence-corrected chi connectivity index (χ1v) is 13.9. The van der Waals surface area contributed by atoms with Gasteiger partial charge in [-0.3, -0.25) is 14.9 Å². The van der Waals surface area contributed by atoms with E-state index >= 15 is 0 Å². The van der Waals surface area contributed by atoms with Crippen LogP contribution in [-0.2, 0) is 0 Å². The number of anilines is 1. The van der Waals surface area contributed by atoms with Crippen LogP contribution in [0.1, 0.15) is 33.2 Å². The molecule has 188 valence electrons. The number of hydrogen-bond donors (Lipinski definition) is 1. The van der Waals surface area contributed by atoms with Crippen molar-refractivity contribution in [2.24, 2.45) is 0 Å². The zero-order valence-electron chi connectivity index (χ0n) is 20.4. The van der Waals surface area contributed by atoms with Crippen molar-refractivity contribution in [3.63, 3.8) is 0 Å². The van der Waals surface area contributed by atoms with Crippen molar-refractivity contribution in [3.8, 4) is 5.75 Å². The number of amides is 2. The SMILES string of the molecule is C=CC(=C)N1CCN(C(=O)c2cc(Sc3cnc(NC(=O)c4ccsc4)s3)c(C)cc2OC)[C@@H](C)C1. The van der Waals surface area contributed by atoms with Crippen molar-refractivity contribution in [1.29, 1.82) is 0 Å². The summed E-state index contributed by atoms with van der Waals surface area (Å²) in [6.07, 6.45) is 3.48. The highest BCUT2D eigenvalue weighted by molar-refractivity contribution is 8.01. The van der Waals surface area contributed by atoms with Crippen molar-refractivity contribution in [3.05, 3.63) is 76.8 Å². The first kappa shape index (κ1) is 26.0. The number of thiophene rings is 1. The number of allylic oxidation sites excluding steroid dienone is 1. The zero-order chi connectivity index (χ0) is 25.8. The molecule has 2 amide bonds. The Morgan fingerprint density at radius 1 is 1.33 bits per heavy atom. The third kappa shape index (κ3) is 5.66. The van der Waals surface area contributed by atoms with Gasteiger partial charge in [-0.05, 0) is 49.1 Å². The summed E-state index contributed by atoms with van der Waals surface area (Å²) >= 11 is 4.38. The third-order valence-corrected chi connectivity index (χ3v) is 8.81. The Bertz CT molecular complexity index is 1290. The summed E-state index contributed by atoms with van der Waals surface area (Å²) < 4.78 is 6.50. The number of benzene rings is 1. The van der Waals surface area contributed by atoms with Gasteiger partial charge < -0.3 is 14.5 Å². The van der Waals surface area contributed by atoms with Crippen LogP contribution in [0.4, 0.5) is 5.13 Å². The summed E-state index contributed by atoms with van der Waals surface area (Å²) in [6.45, 7) is 13.9. The molecule has 1 aliphatic rings. The highest BCUT2D eigenvalue weighted by Crippen LogP contribution is 2.38. The molecule has 2 aromatic heterocycles. The summed E-state index contributed by atoms with van der Waals surface area (Å²) in [5.41, 5.74) is 3.01. The number of hydrogen-bond acceptors (Lipinski definition) is 8. The highest BCUT2D eigenvalue weighted by Gasteiger charge is 2.30. The Morgan fingerprint density at radius 2 is 2.14 bits per heavy atom. The molecular weight excluding hydrogens is 513 g/mol. The van der Waals surface area contributed by atoms with Gasteiger partial charge in [0.15, 0.2) is 5.13 Å². The van der Waals surface area contributed by atoms with Gasteiger partial charge in [0.2, 0.25) is 0 Å². The van der Waals surface area contributed by atoms with Gasteiger partial charge in [-0.15, -0.1) is 0 Å². The Morgan fingerprint density at radius 3 is 2.81 bits per heavy atom. The predicted octanol–water partition coefficient (Wildman–Crippen LogP) is 5.77. The van der Waals surface area contributed by atoms with Crippen LogP contribution >= 0.6 is 34.4 Å². The minimum absolute atomic E-state index is 0.0148. The molecule has 0 unspecified atom stereocenters. The van der Waals surface area contributed by atoms with Gasteiger partial charge in [-0.1, -0.05) is 36.3 Å². The topological polar surface area (TPSA) is 74.8 Å². The predicted molar refractivity (Wildman–Crippen MR) is 148 cm³/mol. The zero-order valence-corrected chi connectivity index (χ0v) is 22.9. The molecule has 0 saturated carbocycles. The molecule has 1 aliphatic heterocycles. The molecule has 0 radical (unpaired) electrons. The summed E-state index contributed by atoms with van der Waals surface area (Å²) in [7, 11) is 1.58. The summed E-state index contributed by atoms with van der Waals surface area (Å²) in [4.78, 5) is 35.2. The fourth-order valence-corrected chi connectivity index (χ4v) is 6.52. The number of methoxy groups -OCH3 is 1. The highest BCUT2D eigenvalue weighted by atomic mass is 32.2. The molecule has 0 aliphatic carbocycles. The van der Waals surface area contributed by atoms with Crippen molar-refractivity contribution < 1.29 is 14.3 Å². The molecule has 1 N–H and O–H groups in total. The standard InChI is InChI=1S/C26H28N4O3S3/c1-6-17(3)29-8-9-30(18(4)14-29)25(32)20-12-22(16(2)11-21(20)33-5)35-23-13-27-26(36-23)28-24(31)19-7-10-34-15-19/h6-7,10-13,15,18H,1,3,8-9,14H2,2,4-5H3,(H,27,28,31)/t18-/m0/s1. The molecule has 4 rings (SSSR count). The molecule has 1 fully saturated rings. The van der Waals surface area contributed by atoms with Gasteiger partial charge in [0.1, 0.15) is 5.75 Å². The molecule has 10 heteroatoms. The largest absolute Gasteiger partial charge is 0.496 e. The number of rotatable bonds is 8. The molecule has 36 heavy (non-hydrogen) atoms. The Hall–Kier alpha value is -3.08. The van der Waals surface area contributed by atoms with Gasteiger partial charge in [0.25, 0.3) is 11.8 Å². The second-order valence-electron chi connectivity index (χ2n) is 8.36. The number of piperazine rings is 1. The van der Waals surface area contributed by atoms with Crippen LogP contribution in [-0.4, -0.2) is 59.4 Å². The van der Waals surface area contributed by atoms with E-state index in [9.17, 15) is 9.59 Å². The van der Waals surface area contributed by atoms with Crippen LogP contribution < -0.4 is 10.1 Å². The normalized spacial score (nSPS) is 15.5. The number of carbonyl (C=O) groups is 2. The first-order chi connectivity index (χ1) is 17.3. The van der Waals surface area contributed by atoms with Crippen LogP contribution in [0.25, 0.3) is 0 Å². The van der Waals surface area contributed by atoms with E-state index in [-0.39, 0.29) is 17.9 Å². The van der Waals surface area contributed by atoms with E-state index in [0.717, 1.165) is 20.4 Å². The van der Waals surface area contributed by atoms with Gasteiger partial charge in [-0.25, -0.2) is 4.98 Å². The van der Waals surface area contributed by atoms with E-state index in [1.807, 2.05) is 36.3 Å².